The molecule has 1 amide bonds. The third-order valence-electron chi connectivity index (χ3n) is 4.00. The van der Waals surface area contributed by atoms with E-state index in [4.69, 9.17) is 0 Å². The van der Waals surface area contributed by atoms with Gasteiger partial charge in [0.2, 0.25) is 0 Å². The second-order valence-electron chi connectivity index (χ2n) is 6.06. The van der Waals surface area contributed by atoms with Gasteiger partial charge >= 0.3 is 6.18 Å². The van der Waals surface area contributed by atoms with Crippen LogP contribution in [0.2, 0.25) is 0 Å². The maximum Gasteiger partial charge on any atom is 0.422 e. The third kappa shape index (κ3) is 4.98. The fraction of sp³-hybridized carbons (Fsp3) is 0.412. The highest BCUT2D eigenvalue weighted by Crippen LogP contribution is 2.21. The Bertz CT molecular complexity index is 737. The number of carbonyl (C=O) groups excluding carboxylic acids is 1. The molecule has 1 aliphatic heterocycles. The molecule has 0 radical (unpaired) electrons. The van der Waals surface area contributed by atoms with Crippen molar-refractivity contribution in [3.8, 4) is 5.75 Å². The summed E-state index contributed by atoms with van der Waals surface area (Å²) >= 11 is 0. The minimum Gasteiger partial charge on any atom is -0.484 e. The molecule has 0 aliphatic carbocycles. The zero-order valence-corrected chi connectivity index (χ0v) is 13.9. The summed E-state index contributed by atoms with van der Waals surface area (Å²) in [6, 6.07) is 7.57. The fourth-order valence-electron chi connectivity index (χ4n) is 2.72. The Morgan fingerprint density at radius 1 is 1.31 bits per heavy atom. The number of alkyl halides is 3. The minimum absolute atomic E-state index is 0.0781. The molecule has 26 heavy (non-hydrogen) atoms. The number of rotatable bonds is 5. The summed E-state index contributed by atoms with van der Waals surface area (Å²) in [5.41, 5.74) is 0.733. The number of hydrogen-bond donors (Lipinski definition) is 2. The maximum absolute atomic E-state index is 12.3. The first-order chi connectivity index (χ1) is 12.4. The molecule has 1 atom stereocenters. The average Bonchev–Trinajstić information content (AvgIpc) is 3.11. The molecule has 1 unspecified atom stereocenters. The van der Waals surface area contributed by atoms with Crippen LogP contribution in [0.5, 0.6) is 5.75 Å². The molecule has 1 fully saturated rings. The van der Waals surface area contributed by atoms with Crippen LogP contribution >= 0.6 is 0 Å². The van der Waals surface area contributed by atoms with Crippen molar-refractivity contribution in [2.24, 2.45) is 0 Å². The molecular formula is C17H19F3N4O2. The van der Waals surface area contributed by atoms with Gasteiger partial charge in [-0.25, -0.2) is 0 Å². The summed E-state index contributed by atoms with van der Waals surface area (Å²) in [7, 11) is 0. The second kappa shape index (κ2) is 7.77. The maximum atomic E-state index is 12.3. The van der Waals surface area contributed by atoms with Crippen molar-refractivity contribution >= 4 is 11.6 Å². The van der Waals surface area contributed by atoms with Gasteiger partial charge in [-0.05, 0) is 49.7 Å². The molecule has 1 aliphatic rings. The first-order valence-electron chi connectivity index (χ1n) is 8.27. The molecule has 2 heterocycles. The Balaban J connectivity index is 1.57. The van der Waals surface area contributed by atoms with E-state index in [2.05, 4.69) is 20.5 Å². The average molecular weight is 368 g/mol. The summed E-state index contributed by atoms with van der Waals surface area (Å²) in [5, 5.41) is 10.3. The van der Waals surface area contributed by atoms with Crippen molar-refractivity contribution in [3.63, 3.8) is 0 Å². The molecule has 0 spiro atoms. The monoisotopic (exact) mass is 368 g/mol. The Hall–Kier alpha value is -2.55. The van der Waals surface area contributed by atoms with Crippen molar-refractivity contribution in [3.05, 3.63) is 42.2 Å². The van der Waals surface area contributed by atoms with E-state index in [1.54, 1.807) is 16.9 Å². The van der Waals surface area contributed by atoms with Crippen LogP contribution in [0.4, 0.5) is 18.9 Å². The largest absolute Gasteiger partial charge is 0.484 e. The predicted molar refractivity (Wildman–Crippen MR) is 89.3 cm³/mol. The highest BCUT2D eigenvalue weighted by atomic mass is 19.4. The van der Waals surface area contributed by atoms with Crippen LogP contribution in [-0.4, -0.2) is 41.6 Å². The molecule has 2 N–H and O–H groups in total. The molecule has 1 saturated heterocycles. The summed E-state index contributed by atoms with van der Waals surface area (Å²) in [5.74, 6) is -0.300. The number of hydrogen-bond acceptors (Lipinski definition) is 4. The molecule has 3 rings (SSSR count). The number of benzene rings is 1. The van der Waals surface area contributed by atoms with Crippen molar-refractivity contribution in [1.29, 1.82) is 0 Å². The number of nitrogens with one attached hydrogen (secondary N) is 2. The first-order valence-corrected chi connectivity index (χ1v) is 8.27. The SMILES string of the molecule is O=C(Nc1ccc(OCC(F)(F)F)cc1)c1ccn(C2CCCNC2)n1. The Kier molecular flexibility index (Phi) is 5.46. The normalized spacial score (nSPS) is 17.7. The summed E-state index contributed by atoms with van der Waals surface area (Å²) in [6.45, 7) is 0.460. The third-order valence-corrected chi connectivity index (χ3v) is 4.00. The van der Waals surface area contributed by atoms with Crippen LogP contribution in [0.3, 0.4) is 0 Å². The van der Waals surface area contributed by atoms with Crippen molar-refractivity contribution in [2.75, 3.05) is 25.0 Å². The Morgan fingerprint density at radius 3 is 2.73 bits per heavy atom. The van der Waals surface area contributed by atoms with Crippen LogP contribution in [0.1, 0.15) is 29.4 Å². The first kappa shape index (κ1) is 18.2. The molecule has 2 aromatic rings. The van der Waals surface area contributed by atoms with E-state index in [1.807, 2.05) is 0 Å². The minimum atomic E-state index is -4.39. The van der Waals surface area contributed by atoms with Crippen molar-refractivity contribution in [2.45, 2.75) is 25.1 Å². The van der Waals surface area contributed by atoms with Gasteiger partial charge < -0.3 is 15.4 Å². The Morgan fingerprint density at radius 2 is 2.08 bits per heavy atom. The smallest absolute Gasteiger partial charge is 0.422 e. The van der Waals surface area contributed by atoms with E-state index in [9.17, 15) is 18.0 Å². The molecule has 1 aromatic heterocycles. The van der Waals surface area contributed by atoms with Gasteiger partial charge in [0.25, 0.3) is 5.91 Å². The standard InChI is InChI=1S/C17H19F3N4O2/c18-17(19,20)11-26-14-5-3-12(4-6-14)22-16(25)15-7-9-24(23-15)13-2-1-8-21-10-13/h3-7,9,13,21H,1-2,8,10-11H2,(H,22,25). The molecule has 1 aromatic carbocycles. The zero-order valence-electron chi connectivity index (χ0n) is 13.9. The lowest BCUT2D eigenvalue weighted by molar-refractivity contribution is -0.153. The molecule has 0 saturated carbocycles. The number of anilines is 1. The van der Waals surface area contributed by atoms with E-state index in [0.717, 1.165) is 25.9 Å². The topological polar surface area (TPSA) is 68.2 Å². The van der Waals surface area contributed by atoms with E-state index in [1.165, 1.54) is 24.3 Å². The van der Waals surface area contributed by atoms with Gasteiger partial charge in [0.15, 0.2) is 12.3 Å². The van der Waals surface area contributed by atoms with Gasteiger partial charge in [-0.2, -0.15) is 18.3 Å². The van der Waals surface area contributed by atoms with Crippen LogP contribution in [0.25, 0.3) is 0 Å². The van der Waals surface area contributed by atoms with Gasteiger partial charge in [0.05, 0.1) is 6.04 Å². The lowest BCUT2D eigenvalue weighted by atomic mass is 10.1. The number of piperidine rings is 1. The van der Waals surface area contributed by atoms with E-state index < -0.39 is 12.8 Å². The molecule has 6 nitrogen and oxygen atoms in total. The fourth-order valence-corrected chi connectivity index (χ4v) is 2.72. The van der Waals surface area contributed by atoms with Gasteiger partial charge in [0, 0.05) is 18.4 Å². The van der Waals surface area contributed by atoms with Crippen LogP contribution in [0.15, 0.2) is 36.5 Å². The summed E-state index contributed by atoms with van der Waals surface area (Å²) in [4.78, 5) is 12.3. The zero-order chi connectivity index (χ0) is 18.6. The molecule has 0 bridgehead atoms. The lowest BCUT2D eigenvalue weighted by Gasteiger charge is -2.22. The van der Waals surface area contributed by atoms with Crippen LogP contribution in [0, 0.1) is 0 Å². The lowest BCUT2D eigenvalue weighted by Crippen LogP contribution is -2.32. The molecule has 9 heteroatoms. The number of nitrogens with zero attached hydrogens (tertiary/aromatic N) is 2. The highest BCUT2D eigenvalue weighted by molar-refractivity contribution is 6.02. The quantitative estimate of drug-likeness (QED) is 0.851. The van der Waals surface area contributed by atoms with Gasteiger partial charge in [-0.1, -0.05) is 0 Å². The van der Waals surface area contributed by atoms with Crippen molar-refractivity contribution < 1.29 is 22.7 Å². The summed E-state index contributed by atoms with van der Waals surface area (Å²) < 4.78 is 42.8. The van der Waals surface area contributed by atoms with Crippen LogP contribution < -0.4 is 15.4 Å². The number of amides is 1. The van der Waals surface area contributed by atoms with E-state index in [0.29, 0.717) is 5.69 Å². The van der Waals surface area contributed by atoms with Gasteiger partial charge in [0.1, 0.15) is 5.75 Å². The van der Waals surface area contributed by atoms with Crippen LogP contribution in [-0.2, 0) is 0 Å². The van der Waals surface area contributed by atoms with Gasteiger partial charge in [-0.15, -0.1) is 0 Å². The number of carbonyl (C=O) groups is 1. The van der Waals surface area contributed by atoms with Crippen molar-refractivity contribution in [1.82, 2.24) is 15.1 Å². The Labute approximate surface area is 148 Å². The predicted octanol–water partition coefficient (Wildman–Crippen LogP) is 3.00. The second-order valence-corrected chi connectivity index (χ2v) is 6.06. The highest BCUT2D eigenvalue weighted by Gasteiger charge is 2.28. The van der Waals surface area contributed by atoms with E-state index in [-0.39, 0.29) is 23.4 Å². The number of halogens is 3. The number of ether oxygens (including phenoxy) is 1. The number of aromatic nitrogens is 2. The molecular weight excluding hydrogens is 349 g/mol. The van der Waals surface area contributed by atoms with E-state index >= 15 is 0 Å². The van der Waals surface area contributed by atoms with Gasteiger partial charge in [-0.3, -0.25) is 9.48 Å². The molecule has 140 valence electrons. The summed E-state index contributed by atoms with van der Waals surface area (Å²) in [6.07, 6.45) is -0.538.